The van der Waals surface area contributed by atoms with Gasteiger partial charge in [-0.25, -0.2) is 0 Å². The lowest BCUT2D eigenvalue weighted by molar-refractivity contribution is 1.64. The monoisotopic (exact) mass is 562 g/mol. The van der Waals surface area contributed by atoms with Gasteiger partial charge in [-0.05, 0) is 83.9 Å². The van der Waals surface area contributed by atoms with Gasteiger partial charge in [-0.15, -0.1) is 11.3 Å². The first-order chi connectivity index (χ1) is 21.3. The fourth-order valence-electron chi connectivity index (χ4n) is 6.99. The van der Waals surface area contributed by atoms with E-state index in [9.17, 15) is 0 Å². The Labute approximate surface area is 254 Å². The van der Waals surface area contributed by atoms with Gasteiger partial charge in [-0.1, -0.05) is 140 Å². The summed E-state index contributed by atoms with van der Waals surface area (Å²) in [4.78, 5) is 0. The first kappa shape index (κ1) is 24.4. The minimum absolute atomic E-state index is 1.24. The normalized spacial score (nSPS) is 11.7. The summed E-state index contributed by atoms with van der Waals surface area (Å²) in [5.41, 5.74) is 7.66. The fourth-order valence-corrected chi connectivity index (χ4v) is 8.11. The molecule has 0 aliphatic rings. The van der Waals surface area contributed by atoms with E-state index in [1.807, 2.05) is 11.3 Å². The van der Waals surface area contributed by atoms with Gasteiger partial charge in [0.2, 0.25) is 0 Å². The molecule has 1 aromatic heterocycles. The van der Waals surface area contributed by atoms with Crippen LogP contribution in [0.25, 0.3) is 85.9 Å². The third-order valence-corrected chi connectivity index (χ3v) is 10.00. The molecule has 0 aliphatic heterocycles. The summed E-state index contributed by atoms with van der Waals surface area (Å²) in [6.45, 7) is 0. The topological polar surface area (TPSA) is 0 Å². The molecule has 0 saturated carbocycles. The van der Waals surface area contributed by atoms with Gasteiger partial charge in [0.05, 0.1) is 0 Å². The number of fused-ring (bicyclic) bond motifs is 6. The highest BCUT2D eigenvalue weighted by Gasteiger charge is 2.21. The SMILES string of the molecule is c1ccc(-c2cc3sc4ccccc4c3cc2-c2c3ccccc3c(-c3cccc4ccccc34)c3ccccc23)cc1. The van der Waals surface area contributed by atoms with E-state index in [1.54, 1.807) is 0 Å². The highest BCUT2D eigenvalue weighted by Crippen LogP contribution is 2.49. The van der Waals surface area contributed by atoms with Crippen molar-refractivity contribution in [2.75, 3.05) is 0 Å². The predicted octanol–water partition coefficient (Wildman–Crippen LogP) is 12.5. The molecule has 0 radical (unpaired) electrons. The van der Waals surface area contributed by atoms with Crippen LogP contribution in [0.15, 0.2) is 158 Å². The second-order valence-corrected chi connectivity index (χ2v) is 12.3. The summed E-state index contributed by atoms with van der Waals surface area (Å²) in [5.74, 6) is 0. The number of hydrogen-bond acceptors (Lipinski definition) is 1. The van der Waals surface area contributed by atoms with Gasteiger partial charge in [0, 0.05) is 20.2 Å². The van der Waals surface area contributed by atoms with Crippen molar-refractivity contribution in [3.05, 3.63) is 158 Å². The Kier molecular flexibility index (Phi) is 5.47. The molecule has 9 rings (SSSR count). The summed E-state index contributed by atoms with van der Waals surface area (Å²) < 4.78 is 2.65. The van der Waals surface area contributed by atoms with Crippen LogP contribution in [0.3, 0.4) is 0 Å². The number of rotatable bonds is 3. The van der Waals surface area contributed by atoms with Gasteiger partial charge in [-0.3, -0.25) is 0 Å². The second-order valence-electron chi connectivity index (χ2n) is 11.2. The number of hydrogen-bond donors (Lipinski definition) is 0. The van der Waals surface area contributed by atoms with Crippen LogP contribution in [-0.4, -0.2) is 0 Å². The lowest BCUT2D eigenvalue weighted by atomic mass is 9.82. The van der Waals surface area contributed by atoms with Crippen LogP contribution < -0.4 is 0 Å². The zero-order valence-corrected chi connectivity index (χ0v) is 24.2. The zero-order chi connectivity index (χ0) is 28.3. The van der Waals surface area contributed by atoms with Gasteiger partial charge in [0.1, 0.15) is 0 Å². The molecule has 0 amide bonds. The average Bonchev–Trinajstić information content (AvgIpc) is 3.44. The van der Waals surface area contributed by atoms with Crippen molar-refractivity contribution in [2.24, 2.45) is 0 Å². The van der Waals surface area contributed by atoms with Crippen LogP contribution >= 0.6 is 11.3 Å². The van der Waals surface area contributed by atoms with E-state index in [0.717, 1.165) is 0 Å². The average molecular weight is 563 g/mol. The molecule has 0 N–H and O–H groups in total. The van der Waals surface area contributed by atoms with Crippen LogP contribution in [0.2, 0.25) is 0 Å². The van der Waals surface area contributed by atoms with Crippen molar-refractivity contribution in [3.8, 4) is 33.4 Å². The Morgan fingerprint density at radius 3 is 1.53 bits per heavy atom. The largest absolute Gasteiger partial charge is 0.135 e. The summed E-state index contributed by atoms with van der Waals surface area (Å²) in [6.07, 6.45) is 0. The van der Waals surface area contributed by atoms with E-state index in [2.05, 4.69) is 158 Å². The second kappa shape index (κ2) is 9.66. The minimum Gasteiger partial charge on any atom is -0.135 e. The smallest absolute Gasteiger partial charge is 0.0362 e. The Balaban J connectivity index is 1.47. The first-order valence-electron chi connectivity index (χ1n) is 14.8. The van der Waals surface area contributed by atoms with Gasteiger partial charge in [-0.2, -0.15) is 0 Å². The molecule has 0 atom stereocenters. The molecule has 43 heavy (non-hydrogen) atoms. The molecule has 0 saturated heterocycles. The standard InChI is InChI=1S/C42H26S/c1-2-13-28(14-3-1)36-26-40-37(30-18-10-11-24-39(30)43-40)25-38(36)42-34-21-8-6-19-32(34)41(33-20-7-9-22-35(33)42)31-23-12-16-27-15-4-5-17-29(27)31/h1-26H. The summed E-state index contributed by atoms with van der Waals surface area (Å²) in [6, 6.07) is 58.0. The molecule has 0 bridgehead atoms. The van der Waals surface area contributed by atoms with Gasteiger partial charge in [0.25, 0.3) is 0 Å². The molecular formula is C42H26S. The summed E-state index contributed by atoms with van der Waals surface area (Å²) in [7, 11) is 0. The van der Waals surface area contributed by atoms with Crippen molar-refractivity contribution in [2.45, 2.75) is 0 Å². The quantitative estimate of drug-likeness (QED) is 0.188. The molecule has 9 aromatic rings. The molecule has 0 aliphatic carbocycles. The molecule has 1 heteroatoms. The molecule has 0 fully saturated rings. The van der Waals surface area contributed by atoms with Crippen molar-refractivity contribution >= 4 is 63.8 Å². The molecule has 0 unspecified atom stereocenters. The van der Waals surface area contributed by atoms with E-state index in [0.29, 0.717) is 0 Å². The van der Waals surface area contributed by atoms with E-state index >= 15 is 0 Å². The number of thiophene rings is 1. The summed E-state index contributed by atoms with van der Waals surface area (Å²) >= 11 is 1.88. The minimum atomic E-state index is 1.24. The van der Waals surface area contributed by atoms with Crippen LogP contribution in [0.4, 0.5) is 0 Å². The van der Waals surface area contributed by atoms with Crippen molar-refractivity contribution < 1.29 is 0 Å². The van der Waals surface area contributed by atoms with Crippen LogP contribution in [0.1, 0.15) is 0 Å². The molecule has 0 nitrogen and oxygen atoms in total. The van der Waals surface area contributed by atoms with Crippen molar-refractivity contribution in [1.82, 2.24) is 0 Å². The number of benzene rings is 8. The summed E-state index contributed by atoms with van der Waals surface area (Å²) in [5, 5.41) is 10.3. The van der Waals surface area contributed by atoms with Crippen LogP contribution in [0.5, 0.6) is 0 Å². The van der Waals surface area contributed by atoms with Crippen LogP contribution in [0, 0.1) is 0 Å². The van der Waals surface area contributed by atoms with Gasteiger partial charge < -0.3 is 0 Å². The maximum Gasteiger partial charge on any atom is 0.0362 e. The predicted molar refractivity (Wildman–Crippen MR) is 188 cm³/mol. The molecule has 8 aromatic carbocycles. The third kappa shape index (κ3) is 3.75. The molecular weight excluding hydrogens is 537 g/mol. The van der Waals surface area contributed by atoms with E-state index in [-0.39, 0.29) is 0 Å². The van der Waals surface area contributed by atoms with Crippen LogP contribution in [-0.2, 0) is 0 Å². The molecule has 1 heterocycles. The highest BCUT2D eigenvalue weighted by molar-refractivity contribution is 7.25. The first-order valence-corrected chi connectivity index (χ1v) is 15.6. The van der Waals surface area contributed by atoms with E-state index < -0.39 is 0 Å². The Hall–Kier alpha value is -5.24. The Morgan fingerprint density at radius 2 is 0.837 bits per heavy atom. The highest BCUT2D eigenvalue weighted by atomic mass is 32.1. The van der Waals surface area contributed by atoms with E-state index in [4.69, 9.17) is 0 Å². The third-order valence-electron chi connectivity index (χ3n) is 8.86. The van der Waals surface area contributed by atoms with Crippen molar-refractivity contribution in [3.63, 3.8) is 0 Å². The maximum atomic E-state index is 2.46. The van der Waals surface area contributed by atoms with Gasteiger partial charge in [0.15, 0.2) is 0 Å². The Morgan fingerprint density at radius 1 is 0.302 bits per heavy atom. The van der Waals surface area contributed by atoms with Crippen molar-refractivity contribution in [1.29, 1.82) is 0 Å². The van der Waals surface area contributed by atoms with Gasteiger partial charge >= 0.3 is 0 Å². The lowest BCUT2D eigenvalue weighted by Crippen LogP contribution is -1.93. The zero-order valence-electron chi connectivity index (χ0n) is 23.4. The molecule has 200 valence electrons. The lowest BCUT2D eigenvalue weighted by Gasteiger charge is -2.20. The molecule has 0 spiro atoms. The van der Waals surface area contributed by atoms with E-state index in [1.165, 1.54) is 85.9 Å². The maximum absolute atomic E-state index is 2.46. The fraction of sp³-hybridized carbons (Fsp3) is 0. The Bertz CT molecular complexity index is 2440.